The Balaban J connectivity index is 3.47. The zero-order valence-corrected chi connectivity index (χ0v) is 11.9. The monoisotopic (exact) mass is 272 g/mol. The SMILES string of the molecule is C=C/C(=C(\C=C/C)c1ccc(N)c(CCC)c1)[N+](=O)[O-]. The predicted octanol–water partition coefficient (Wildman–Crippen LogP) is 3.97. The Morgan fingerprint density at radius 2 is 2.20 bits per heavy atom. The van der Waals surface area contributed by atoms with Crippen molar-refractivity contribution < 1.29 is 4.92 Å². The molecule has 0 unspecified atom stereocenters. The molecule has 0 amide bonds. The average Bonchev–Trinajstić information content (AvgIpc) is 2.41. The lowest BCUT2D eigenvalue weighted by molar-refractivity contribution is -0.417. The maximum Gasteiger partial charge on any atom is 0.276 e. The molecule has 0 fully saturated rings. The molecule has 1 rings (SSSR count). The van der Waals surface area contributed by atoms with Gasteiger partial charge in [0.25, 0.3) is 5.70 Å². The number of nitrogens with two attached hydrogens (primary N) is 1. The summed E-state index contributed by atoms with van der Waals surface area (Å²) in [5, 5.41) is 11.1. The molecule has 0 saturated carbocycles. The first kappa shape index (κ1) is 15.7. The van der Waals surface area contributed by atoms with E-state index >= 15 is 0 Å². The highest BCUT2D eigenvalue weighted by Crippen LogP contribution is 2.26. The van der Waals surface area contributed by atoms with Crippen molar-refractivity contribution in [1.29, 1.82) is 0 Å². The zero-order valence-electron chi connectivity index (χ0n) is 11.9. The number of aryl methyl sites for hydroxylation is 1. The number of anilines is 1. The van der Waals surface area contributed by atoms with Crippen LogP contribution in [0.25, 0.3) is 5.57 Å². The summed E-state index contributed by atoms with van der Waals surface area (Å²) in [6.45, 7) is 7.42. The fraction of sp³-hybridized carbons (Fsp3) is 0.250. The summed E-state index contributed by atoms with van der Waals surface area (Å²) in [6.07, 6.45) is 6.59. The van der Waals surface area contributed by atoms with Crippen LogP contribution < -0.4 is 5.73 Å². The first-order valence-electron chi connectivity index (χ1n) is 6.57. The van der Waals surface area contributed by atoms with E-state index in [2.05, 4.69) is 13.5 Å². The lowest BCUT2D eigenvalue weighted by Crippen LogP contribution is -2.01. The molecule has 0 bridgehead atoms. The number of rotatable bonds is 6. The van der Waals surface area contributed by atoms with Gasteiger partial charge in [-0.15, -0.1) is 0 Å². The van der Waals surface area contributed by atoms with Gasteiger partial charge in [0, 0.05) is 11.8 Å². The lowest BCUT2D eigenvalue weighted by Gasteiger charge is -2.09. The molecule has 20 heavy (non-hydrogen) atoms. The highest BCUT2D eigenvalue weighted by Gasteiger charge is 2.15. The molecule has 106 valence electrons. The summed E-state index contributed by atoms with van der Waals surface area (Å²) in [5.74, 6) is 0. The average molecular weight is 272 g/mol. The van der Waals surface area contributed by atoms with Crippen LogP contribution >= 0.6 is 0 Å². The summed E-state index contributed by atoms with van der Waals surface area (Å²) >= 11 is 0. The summed E-state index contributed by atoms with van der Waals surface area (Å²) in [7, 11) is 0. The third-order valence-corrected chi connectivity index (χ3v) is 2.97. The summed E-state index contributed by atoms with van der Waals surface area (Å²) in [4.78, 5) is 10.7. The van der Waals surface area contributed by atoms with Crippen molar-refractivity contribution >= 4 is 11.3 Å². The molecule has 1 aromatic rings. The molecule has 0 radical (unpaired) electrons. The third kappa shape index (κ3) is 3.57. The Bertz CT molecular complexity index is 572. The maximum atomic E-state index is 11.1. The molecular weight excluding hydrogens is 252 g/mol. The Labute approximate surface area is 119 Å². The van der Waals surface area contributed by atoms with Crippen molar-refractivity contribution in [3.8, 4) is 0 Å². The second kappa shape index (κ2) is 7.28. The van der Waals surface area contributed by atoms with Gasteiger partial charge in [-0.2, -0.15) is 0 Å². The zero-order chi connectivity index (χ0) is 15.1. The molecule has 0 aromatic heterocycles. The van der Waals surface area contributed by atoms with Gasteiger partial charge in [0.1, 0.15) is 0 Å². The fourth-order valence-corrected chi connectivity index (χ4v) is 2.04. The molecule has 0 heterocycles. The van der Waals surface area contributed by atoms with Crippen molar-refractivity contribution in [3.63, 3.8) is 0 Å². The van der Waals surface area contributed by atoms with Gasteiger partial charge in [0.15, 0.2) is 0 Å². The third-order valence-electron chi connectivity index (χ3n) is 2.97. The number of benzene rings is 1. The first-order chi connectivity index (χ1) is 9.54. The van der Waals surface area contributed by atoms with Crippen LogP contribution in [0.4, 0.5) is 5.69 Å². The van der Waals surface area contributed by atoms with Crippen molar-refractivity contribution in [3.05, 3.63) is 69.9 Å². The van der Waals surface area contributed by atoms with Gasteiger partial charge in [-0.3, -0.25) is 10.1 Å². The number of allylic oxidation sites excluding steroid dienone is 4. The Hall–Kier alpha value is -2.36. The number of nitrogen functional groups attached to an aromatic ring is 1. The Morgan fingerprint density at radius 1 is 1.50 bits per heavy atom. The minimum atomic E-state index is -0.418. The van der Waals surface area contributed by atoms with Crippen LogP contribution in [0.5, 0.6) is 0 Å². The normalized spacial score (nSPS) is 12.3. The van der Waals surface area contributed by atoms with Crippen LogP contribution in [0.1, 0.15) is 31.4 Å². The van der Waals surface area contributed by atoms with Crippen molar-refractivity contribution in [2.24, 2.45) is 0 Å². The van der Waals surface area contributed by atoms with E-state index in [1.807, 2.05) is 13.0 Å². The van der Waals surface area contributed by atoms with Gasteiger partial charge in [0.2, 0.25) is 0 Å². The fourth-order valence-electron chi connectivity index (χ4n) is 2.04. The number of nitrogens with zero attached hydrogens (tertiary/aromatic N) is 1. The van der Waals surface area contributed by atoms with E-state index in [4.69, 9.17) is 5.73 Å². The minimum Gasteiger partial charge on any atom is -0.399 e. The quantitative estimate of drug-likeness (QED) is 0.368. The topological polar surface area (TPSA) is 69.2 Å². The van der Waals surface area contributed by atoms with Crippen molar-refractivity contribution in [2.45, 2.75) is 26.7 Å². The standard InChI is InChI=1S/C16H20N2O2/c1-4-7-13-11-12(9-10-15(13)17)14(8-5-2)16(6-3)18(19)20/h5-6,8-11H,3-4,7,17H2,1-2H3/b8-5-,16-14-. The molecule has 4 heteroatoms. The van der Waals surface area contributed by atoms with Gasteiger partial charge in [-0.1, -0.05) is 38.1 Å². The summed E-state index contributed by atoms with van der Waals surface area (Å²) in [6, 6.07) is 5.52. The molecule has 0 saturated heterocycles. The minimum absolute atomic E-state index is 0.00433. The molecule has 0 aliphatic carbocycles. The molecule has 0 aliphatic heterocycles. The smallest absolute Gasteiger partial charge is 0.276 e. The lowest BCUT2D eigenvalue weighted by atomic mass is 9.98. The molecule has 0 aliphatic rings. The van der Waals surface area contributed by atoms with E-state index in [9.17, 15) is 10.1 Å². The molecule has 0 spiro atoms. The van der Waals surface area contributed by atoms with Crippen LogP contribution in [-0.2, 0) is 6.42 Å². The number of nitro groups is 1. The Kier molecular flexibility index (Phi) is 5.72. The van der Waals surface area contributed by atoms with Gasteiger partial charge in [-0.25, -0.2) is 0 Å². The largest absolute Gasteiger partial charge is 0.399 e. The van der Waals surface area contributed by atoms with E-state index in [0.29, 0.717) is 5.57 Å². The van der Waals surface area contributed by atoms with Crippen LogP contribution in [0.15, 0.2) is 48.7 Å². The first-order valence-corrected chi connectivity index (χ1v) is 6.57. The van der Waals surface area contributed by atoms with E-state index < -0.39 is 4.92 Å². The van der Waals surface area contributed by atoms with Crippen LogP contribution in [0.3, 0.4) is 0 Å². The van der Waals surface area contributed by atoms with E-state index in [1.54, 1.807) is 24.3 Å². The van der Waals surface area contributed by atoms with Crippen LogP contribution in [0.2, 0.25) is 0 Å². The number of hydrogen-bond donors (Lipinski definition) is 1. The van der Waals surface area contributed by atoms with Gasteiger partial charge in [0.05, 0.1) is 10.5 Å². The molecular formula is C16H20N2O2. The van der Waals surface area contributed by atoms with Crippen molar-refractivity contribution in [1.82, 2.24) is 0 Å². The summed E-state index contributed by atoms with van der Waals surface area (Å²) in [5.41, 5.74) is 8.99. The van der Waals surface area contributed by atoms with Gasteiger partial charge in [-0.05, 0) is 36.6 Å². The summed E-state index contributed by atoms with van der Waals surface area (Å²) < 4.78 is 0. The number of hydrogen-bond acceptors (Lipinski definition) is 3. The maximum absolute atomic E-state index is 11.1. The van der Waals surface area contributed by atoms with E-state index in [0.717, 1.165) is 29.7 Å². The molecule has 1 aromatic carbocycles. The van der Waals surface area contributed by atoms with Crippen molar-refractivity contribution in [2.75, 3.05) is 5.73 Å². The van der Waals surface area contributed by atoms with Gasteiger partial charge >= 0.3 is 0 Å². The second-order valence-electron chi connectivity index (χ2n) is 4.42. The van der Waals surface area contributed by atoms with Gasteiger partial charge < -0.3 is 5.73 Å². The van der Waals surface area contributed by atoms with Crippen LogP contribution in [-0.4, -0.2) is 4.92 Å². The highest BCUT2D eigenvalue weighted by molar-refractivity contribution is 5.78. The van der Waals surface area contributed by atoms with E-state index in [1.165, 1.54) is 6.08 Å². The molecule has 0 atom stereocenters. The van der Waals surface area contributed by atoms with Crippen LogP contribution in [0, 0.1) is 10.1 Å². The molecule has 4 nitrogen and oxygen atoms in total. The van der Waals surface area contributed by atoms with E-state index in [-0.39, 0.29) is 5.70 Å². The second-order valence-corrected chi connectivity index (χ2v) is 4.42. The highest BCUT2D eigenvalue weighted by atomic mass is 16.6. The predicted molar refractivity (Wildman–Crippen MR) is 83.8 cm³/mol. The Morgan fingerprint density at radius 3 is 2.70 bits per heavy atom. The molecule has 2 N–H and O–H groups in total.